The minimum absolute atomic E-state index is 0. The highest BCUT2D eigenvalue weighted by Crippen LogP contribution is 2.26. The van der Waals surface area contributed by atoms with Crippen LogP contribution in [-0.2, 0) is 0 Å². The van der Waals surface area contributed by atoms with Gasteiger partial charge in [-0.05, 0) is 56.3 Å². The molecule has 1 aromatic carbocycles. The summed E-state index contributed by atoms with van der Waals surface area (Å²) in [6.45, 7) is 2.49. The van der Waals surface area contributed by atoms with Crippen LogP contribution in [0.2, 0.25) is 0 Å². The largest absolute Gasteiger partial charge is 0.339 e. The first-order valence-electron chi connectivity index (χ1n) is 7.63. The maximum absolute atomic E-state index is 13.2. The van der Waals surface area contributed by atoms with Crippen molar-refractivity contribution in [3.63, 3.8) is 0 Å². The van der Waals surface area contributed by atoms with Gasteiger partial charge in [0.15, 0.2) is 11.6 Å². The van der Waals surface area contributed by atoms with Crippen molar-refractivity contribution in [2.45, 2.75) is 31.7 Å². The molecule has 1 amide bonds. The molecule has 1 atom stereocenters. The SMILES string of the molecule is Cl.O=C(c1ccc(F)c(F)c1)N1CCC(C2CCCN2)CC1. The fourth-order valence-electron chi connectivity index (χ4n) is 3.43. The first kappa shape index (κ1) is 17.2. The third-order valence-electron chi connectivity index (χ3n) is 4.66. The average molecular weight is 331 g/mol. The molecule has 2 saturated heterocycles. The van der Waals surface area contributed by atoms with E-state index in [1.54, 1.807) is 4.90 Å². The van der Waals surface area contributed by atoms with E-state index in [1.807, 2.05) is 0 Å². The molecule has 2 aliphatic heterocycles. The highest BCUT2D eigenvalue weighted by atomic mass is 35.5. The molecule has 2 aliphatic rings. The Kier molecular flexibility index (Phi) is 5.75. The number of hydrogen-bond donors (Lipinski definition) is 1. The summed E-state index contributed by atoms with van der Waals surface area (Å²) in [5.74, 6) is -1.46. The van der Waals surface area contributed by atoms with Crippen molar-refractivity contribution in [2.75, 3.05) is 19.6 Å². The van der Waals surface area contributed by atoms with Gasteiger partial charge in [0.1, 0.15) is 0 Å². The van der Waals surface area contributed by atoms with Crippen molar-refractivity contribution >= 4 is 18.3 Å². The lowest BCUT2D eigenvalue weighted by atomic mass is 9.88. The van der Waals surface area contributed by atoms with Gasteiger partial charge in [-0.2, -0.15) is 0 Å². The van der Waals surface area contributed by atoms with Gasteiger partial charge in [-0.25, -0.2) is 8.78 Å². The van der Waals surface area contributed by atoms with Crippen LogP contribution in [0.4, 0.5) is 8.78 Å². The Hall–Kier alpha value is -1.20. The van der Waals surface area contributed by atoms with Crippen LogP contribution in [0.1, 0.15) is 36.0 Å². The van der Waals surface area contributed by atoms with E-state index in [0.717, 1.165) is 31.5 Å². The molecular formula is C16H21ClF2N2O. The smallest absolute Gasteiger partial charge is 0.253 e. The van der Waals surface area contributed by atoms with Gasteiger partial charge in [-0.15, -0.1) is 12.4 Å². The molecule has 0 spiro atoms. The molecule has 2 heterocycles. The number of carbonyl (C=O) groups excluding carboxylic acids is 1. The minimum Gasteiger partial charge on any atom is -0.339 e. The zero-order valence-corrected chi connectivity index (χ0v) is 13.2. The van der Waals surface area contributed by atoms with Gasteiger partial charge >= 0.3 is 0 Å². The zero-order chi connectivity index (χ0) is 14.8. The molecule has 122 valence electrons. The molecule has 6 heteroatoms. The van der Waals surface area contributed by atoms with Crippen LogP contribution < -0.4 is 5.32 Å². The fraction of sp³-hybridized carbons (Fsp3) is 0.562. The van der Waals surface area contributed by atoms with Gasteiger partial charge < -0.3 is 10.2 Å². The van der Waals surface area contributed by atoms with Crippen LogP contribution in [0.25, 0.3) is 0 Å². The van der Waals surface area contributed by atoms with E-state index in [4.69, 9.17) is 0 Å². The number of benzene rings is 1. The highest BCUT2D eigenvalue weighted by Gasteiger charge is 2.30. The average Bonchev–Trinajstić information content (AvgIpc) is 3.04. The second kappa shape index (κ2) is 7.38. The number of hydrogen-bond acceptors (Lipinski definition) is 2. The van der Waals surface area contributed by atoms with Gasteiger partial charge in [-0.1, -0.05) is 0 Å². The van der Waals surface area contributed by atoms with Gasteiger partial charge in [0, 0.05) is 24.7 Å². The number of piperidine rings is 1. The molecule has 22 heavy (non-hydrogen) atoms. The van der Waals surface area contributed by atoms with Crippen molar-refractivity contribution < 1.29 is 13.6 Å². The summed E-state index contributed by atoms with van der Waals surface area (Å²) in [6.07, 6.45) is 4.42. The van der Waals surface area contributed by atoms with E-state index >= 15 is 0 Å². The van der Waals surface area contributed by atoms with Crippen molar-refractivity contribution in [3.8, 4) is 0 Å². The quantitative estimate of drug-likeness (QED) is 0.904. The molecule has 2 fully saturated rings. The molecule has 3 rings (SSSR count). The summed E-state index contributed by atoms with van der Waals surface area (Å²) >= 11 is 0. The molecule has 1 unspecified atom stereocenters. The third-order valence-corrected chi connectivity index (χ3v) is 4.66. The fourth-order valence-corrected chi connectivity index (χ4v) is 3.43. The van der Waals surface area contributed by atoms with Crippen molar-refractivity contribution in [3.05, 3.63) is 35.4 Å². The number of amides is 1. The van der Waals surface area contributed by atoms with E-state index in [0.29, 0.717) is 25.0 Å². The van der Waals surface area contributed by atoms with Crippen molar-refractivity contribution in [1.82, 2.24) is 10.2 Å². The first-order chi connectivity index (χ1) is 10.1. The van der Waals surface area contributed by atoms with Crippen LogP contribution in [0, 0.1) is 17.6 Å². The third kappa shape index (κ3) is 3.58. The number of likely N-dealkylation sites (tertiary alicyclic amines) is 1. The van der Waals surface area contributed by atoms with Crippen LogP contribution in [-0.4, -0.2) is 36.5 Å². The molecule has 1 aromatic rings. The van der Waals surface area contributed by atoms with Gasteiger partial charge in [0.2, 0.25) is 0 Å². The van der Waals surface area contributed by atoms with Gasteiger partial charge in [0.05, 0.1) is 0 Å². The molecule has 0 aromatic heterocycles. The summed E-state index contributed by atoms with van der Waals surface area (Å²) in [5.41, 5.74) is 0.228. The predicted molar refractivity (Wildman–Crippen MR) is 83.3 cm³/mol. The standard InChI is InChI=1S/C16H20F2N2O.ClH/c17-13-4-3-12(10-14(13)18)16(21)20-8-5-11(6-9-20)15-2-1-7-19-15;/h3-4,10-11,15,19H,1-2,5-9H2;1H. The predicted octanol–water partition coefficient (Wildman–Crippen LogP) is 2.99. The molecule has 0 radical (unpaired) electrons. The molecule has 0 saturated carbocycles. The summed E-state index contributed by atoms with van der Waals surface area (Å²) in [5, 5.41) is 3.52. The number of carbonyl (C=O) groups is 1. The molecule has 1 N–H and O–H groups in total. The molecule has 0 aliphatic carbocycles. The summed E-state index contributed by atoms with van der Waals surface area (Å²) < 4.78 is 26.1. The van der Waals surface area contributed by atoms with Crippen LogP contribution in [0.5, 0.6) is 0 Å². The van der Waals surface area contributed by atoms with Crippen molar-refractivity contribution in [1.29, 1.82) is 0 Å². The zero-order valence-electron chi connectivity index (χ0n) is 12.4. The van der Waals surface area contributed by atoms with Crippen LogP contribution in [0.15, 0.2) is 18.2 Å². The second-order valence-corrected chi connectivity index (χ2v) is 5.96. The Morgan fingerprint density at radius 3 is 2.45 bits per heavy atom. The lowest BCUT2D eigenvalue weighted by molar-refractivity contribution is 0.0674. The first-order valence-corrected chi connectivity index (χ1v) is 7.63. The molecule has 3 nitrogen and oxygen atoms in total. The Morgan fingerprint density at radius 1 is 1.14 bits per heavy atom. The minimum atomic E-state index is -0.967. The van der Waals surface area contributed by atoms with Gasteiger partial charge in [-0.3, -0.25) is 4.79 Å². The lowest BCUT2D eigenvalue weighted by Gasteiger charge is -2.35. The van der Waals surface area contributed by atoms with E-state index in [9.17, 15) is 13.6 Å². The number of nitrogens with one attached hydrogen (secondary N) is 1. The monoisotopic (exact) mass is 330 g/mol. The number of rotatable bonds is 2. The second-order valence-electron chi connectivity index (χ2n) is 5.96. The van der Waals surface area contributed by atoms with Crippen LogP contribution >= 0.6 is 12.4 Å². The Morgan fingerprint density at radius 2 is 1.86 bits per heavy atom. The Balaban J connectivity index is 0.00000176. The highest BCUT2D eigenvalue weighted by molar-refractivity contribution is 5.94. The van der Waals surface area contributed by atoms with Crippen LogP contribution in [0.3, 0.4) is 0 Å². The Bertz CT molecular complexity index is 527. The normalized spacial score (nSPS) is 22.5. The maximum atomic E-state index is 13.2. The van der Waals surface area contributed by atoms with Crippen molar-refractivity contribution in [2.24, 2.45) is 5.92 Å². The maximum Gasteiger partial charge on any atom is 0.253 e. The summed E-state index contributed by atoms with van der Waals surface area (Å²) in [4.78, 5) is 14.1. The Labute approximate surface area is 135 Å². The number of nitrogens with zero attached hydrogens (tertiary/aromatic N) is 1. The van der Waals surface area contributed by atoms with Gasteiger partial charge in [0.25, 0.3) is 5.91 Å². The summed E-state index contributed by atoms with van der Waals surface area (Å²) in [6, 6.07) is 3.94. The van der Waals surface area contributed by atoms with E-state index in [1.165, 1.54) is 18.9 Å². The van der Waals surface area contributed by atoms with E-state index in [2.05, 4.69) is 5.32 Å². The summed E-state index contributed by atoms with van der Waals surface area (Å²) in [7, 11) is 0. The number of halogens is 3. The topological polar surface area (TPSA) is 32.3 Å². The van der Waals surface area contributed by atoms with E-state index < -0.39 is 11.6 Å². The lowest BCUT2D eigenvalue weighted by Crippen LogP contribution is -2.43. The van der Waals surface area contributed by atoms with E-state index in [-0.39, 0.29) is 23.9 Å². The molecule has 0 bridgehead atoms. The molecular weight excluding hydrogens is 310 g/mol.